The smallest absolute Gasteiger partial charge is 0.315 e. The van der Waals surface area contributed by atoms with E-state index in [0.29, 0.717) is 12.4 Å². The van der Waals surface area contributed by atoms with Gasteiger partial charge in [0.25, 0.3) is 0 Å². The third-order valence-corrected chi connectivity index (χ3v) is 4.00. The fourth-order valence-electron chi connectivity index (χ4n) is 1.76. The molecule has 0 saturated carbocycles. The molecule has 0 aliphatic rings. The highest BCUT2D eigenvalue weighted by molar-refractivity contribution is 8.00. The van der Waals surface area contributed by atoms with Gasteiger partial charge < -0.3 is 10.5 Å². The molecule has 0 spiro atoms. The van der Waals surface area contributed by atoms with Gasteiger partial charge >= 0.3 is 5.97 Å². The van der Waals surface area contributed by atoms with E-state index in [1.807, 2.05) is 19.9 Å². The van der Waals surface area contributed by atoms with Crippen molar-refractivity contribution in [2.45, 2.75) is 32.1 Å². The summed E-state index contributed by atoms with van der Waals surface area (Å²) in [6, 6.07) is 8.24. The molecule has 2 atom stereocenters. The Labute approximate surface area is 113 Å². The summed E-state index contributed by atoms with van der Waals surface area (Å²) in [5.41, 5.74) is 8.38. The Kier molecular flexibility index (Phi) is 6.22. The van der Waals surface area contributed by atoms with Crippen molar-refractivity contribution in [2.75, 3.05) is 12.4 Å². The van der Waals surface area contributed by atoms with Gasteiger partial charge in [0.15, 0.2) is 0 Å². The molecule has 0 aromatic heterocycles. The fraction of sp³-hybridized carbons (Fsp3) is 0.500. The highest BCUT2D eigenvalue weighted by Gasteiger charge is 2.18. The third-order valence-electron chi connectivity index (χ3n) is 2.53. The van der Waals surface area contributed by atoms with Gasteiger partial charge in [-0.3, -0.25) is 4.79 Å². The average Bonchev–Trinajstić information content (AvgIpc) is 2.29. The van der Waals surface area contributed by atoms with Crippen molar-refractivity contribution in [3.63, 3.8) is 0 Å². The first-order valence-corrected chi connectivity index (χ1v) is 7.18. The predicted molar refractivity (Wildman–Crippen MR) is 76.7 cm³/mol. The van der Waals surface area contributed by atoms with Crippen LogP contribution in [-0.4, -0.2) is 24.4 Å². The molecular formula is C14H21NO2S. The van der Waals surface area contributed by atoms with Gasteiger partial charge in [-0.1, -0.05) is 29.8 Å². The van der Waals surface area contributed by atoms with Crippen LogP contribution in [0.1, 0.15) is 30.2 Å². The topological polar surface area (TPSA) is 52.3 Å². The summed E-state index contributed by atoms with van der Waals surface area (Å²) in [4.78, 5) is 11.4. The lowest BCUT2D eigenvalue weighted by Gasteiger charge is -2.20. The van der Waals surface area contributed by atoms with Crippen molar-refractivity contribution in [3.05, 3.63) is 35.4 Å². The Balaban J connectivity index is 2.69. The maximum Gasteiger partial charge on any atom is 0.315 e. The molecule has 0 aliphatic carbocycles. The maximum atomic E-state index is 11.4. The number of aryl methyl sites for hydroxylation is 1. The second-order valence-electron chi connectivity index (χ2n) is 4.31. The van der Waals surface area contributed by atoms with E-state index in [2.05, 4.69) is 25.1 Å². The molecule has 0 saturated heterocycles. The quantitative estimate of drug-likeness (QED) is 0.805. The Hall–Kier alpha value is -1.00. The number of nitrogens with two attached hydrogens (primary N) is 1. The molecule has 2 N–H and O–H groups in total. The van der Waals surface area contributed by atoms with Gasteiger partial charge in [-0.05, 0) is 26.3 Å². The standard InChI is InChI=1S/C14H21NO2S/c1-4-17-13(16)9-18-14(11(3)15)12-7-5-6-10(2)8-12/h5-8,11,14H,4,9,15H2,1-3H3. The van der Waals surface area contributed by atoms with E-state index in [1.54, 1.807) is 0 Å². The molecule has 3 nitrogen and oxygen atoms in total. The summed E-state index contributed by atoms with van der Waals surface area (Å²) in [5, 5.41) is 0.120. The van der Waals surface area contributed by atoms with Crippen LogP contribution in [0.15, 0.2) is 24.3 Å². The van der Waals surface area contributed by atoms with Crippen LogP contribution in [0.25, 0.3) is 0 Å². The lowest BCUT2D eigenvalue weighted by Crippen LogP contribution is -2.24. The van der Waals surface area contributed by atoms with E-state index in [1.165, 1.54) is 22.9 Å². The van der Waals surface area contributed by atoms with Crippen LogP contribution in [0.3, 0.4) is 0 Å². The normalized spacial score (nSPS) is 14.0. The van der Waals surface area contributed by atoms with Crippen molar-refractivity contribution in [2.24, 2.45) is 5.73 Å². The van der Waals surface area contributed by atoms with Crippen molar-refractivity contribution in [1.82, 2.24) is 0 Å². The summed E-state index contributed by atoms with van der Waals surface area (Å²) in [7, 11) is 0. The molecule has 1 aromatic rings. The van der Waals surface area contributed by atoms with Crippen LogP contribution in [0.5, 0.6) is 0 Å². The lowest BCUT2D eigenvalue weighted by molar-refractivity contribution is -0.139. The molecule has 0 aliphatic heterocycles. The number of carbonyl (C=O) groups excluding carboxylic acids is 1. The molecule has 1 rings (SSSR count). The molecule has 2 unspecified atom stereocenters. The fourth-order valence-corrected chi connectivity index (χ4v) is 2.80. The Bertz CT molecular complexity index is 393. The van der Waals surface area contributed by atoms with Gasteiger partial charge in [0.1, 0.15) is 0 Å². The van der Waals surface area contributed by atoms with E-state index in [-0.39, 0.29) is 17.3 Å². The van der Waals surface area contributed by atoms with Gasteiger partial charge in [0.2, 0.25) is 0 Å². The van der Waals surface area contributed by atoms with E-state index in [4.69, 9.17) is 10.5 Å². The van der Waals surface area contributed by atoms with Gasteiger partial charge in [0.05, 0.1) is 12.4 Å². The highest BCUT2D eigenvalue weighted by Crippen LogP contribution is 2.31. The Morgan fingerprint density at radius 2 is 2.22 bits per heavy atom. The number of hydrogen-bond acceptors (Lipinski definition) is 4. The SMILES string of the molecule is CCOC(=O)CSC(c1cccc(C)c1)C(C)N. The molecule has 18 heavy (non-hydrogen) atoms. The van der Waals surface area contributed by atoms with Gasteiger partial charge in [-0.2, -0.15) is 0 Å². The van der Waals surface area contributed by atoms with Gasteiger partial charge in [-0.25, -0.2) is 0 Å². The number of thioether (sulfide) groups is 1. The minimum Gasteiger partial charge on any atom is -0.465 e. The molecular weight excluding hydrogens is 246 g/mol. The van der Waals surface area contributed by atoms with Crippen LogP contribution >= 0.6 is 11.8 Å². The molecule has 0 fully saturated rings. The number of ether oxygens (including phenoxy) is 1. The second-order valence-corrected chi connectivity index (χ2v) is 5.44. The molecule has 0 heterocycles. The zero-order chi connectivity index (χ0) is 13.5. The van der Waals surface area contributed by atoms with Crippen molar-refractivity contribution >= 4 is 17.7 Å². The predicted octanol–water partition coefficient (Wildman–Crippen LogP) is 2.68. The molecule has 4 heteroatoms. The summed E-state index contributed by atoms with van der Waals surface area (Å²) in [6.07, 6.45) is 0. The van der Waals surface area contributed by atoms with Crippen LogP contribution in [0.4, 0.5) is 0 Å². The molecule has 0 amide bonds. The summed E-state index contributed by atoms with van der Waals surface area (Å²) >= 11 is 1.54. The minimum atomic E-state index is -0.180. The first-order valence-electron chi connectivity index (χ1n) is 6.14. The van der Waals surface area contributed by atoms with Crippen LogP contribution in [0.2, 0.25) is 0 Å². The van der Waals surface area contributed by atoms with Crippen molar-refractivity contribution in [1.29, 1.82) is 0 Å². The largest absolute Gasteiger partial charge is 0.465 e. The first kappa shape index (κ1) is 15.1. The number of esters is 1. The summed E-state index contributed by atoms with van der Waals surface area (Å²) in [6.45, 7) is 6.25. The van der Waals surface area contributed by atoms with Crippen LogP contribution in [-0.2, 0) is 9.53 Å². The van der Waals surface area contributed by atoms with Gasteiger partial charge in [-0.15, -0.1) is 11.8 Å². The van der Waals surface area contributed by atoms with E-state index in [9.17, 15) is 4.79 Å². The van der Waals surface area contributed by atoms with Crippen molar-refractivity contribution in [3.8, 4) is 0 Å². The molecule has 100 valence electrons. The van der Waals surface area contributed by atoms with E-state index >= 15 is 0 Å². The zero-order valence-corrected chi connectivity index (χ0v) is 12.0. The lowest BCUT2D eigenvalue weighted by atomic mass is 10.0. The van der Waals surface area contributed by atoms with Crippen LogP contribution in [0, 0.1) is 6.92 Å². The van der Waals surface area contributed by atoms with Gasteiger partial charge in [0, 0.05) is 11.3 Å². The van der Waals surface area contributed by atoms with E-state index in [0.717, 1.165) is 0 Å². The Morgan fingerprint density at radius 1 is 1.50 bits per heavy atom. The number of hydrogen-bond donors (Lipinski definition) is 1. The summed E-state index contributed by atoms with van der Waals surface area (Å²) < 4.78 is 4.93. The molecule has 0 bridgehead atoms. The summed E-state index contributed by atoms with van der Waals surface area (Å²) in [5.74, 6) is 0.161. The maximum absolute atomic E-state index is 11.4. The molecule has 0 radical (unpaired) electrons. The highest BCUT2D eigenvalue weighted by atomic mass is 32.2. The number of benzene rings is 1. The second kappa shape index (κ2) is 7.44. The monoisotopic (exact) mass is 267 g/mol. The molecule has 1 aromatic carbocycles. The average molecular weight is 267 g/mol. The first-order chi connectivity index (χ1) is 8.54. The third kappa shape index (κ3) is 4.70. The van der Waals surface area contributed by atoms with E-state index < -0.39 is 0 Å². The number of carbonyl (C=O) groups is 1. The Morgan fingerprint density at radius 3 is 2.78 bits per heavy atom. The van der Waals surface area contributed by atoms with Crippen LogP contribution < -0.4 is 5.73 Å². The van der Waals surface area contributed by atoms with Crippen molar-refractivity contribution < 1.29 is 9.53 Å². The zero-order valence-electron chi connectivity index (χ0n) is 11.2. The minimum absolute atomic E-state index is 0.00812. The number of rotatable bonds is 6.